The van der Waals surface area contributed by atoms with E-state index in [1.165, 1.54) is 17.4 Å². The Morgan fingerprint density at radius 3 is 3.00 bits per heavy atom. The van der Waals surface area contributed by atoms with E-state index in [4.69, 9.17) is 5.11 Å². The second-order valence-electron chi connectivity index (χ2n) is 3.71. The Kier molecular flexibility index (Phi) is 3.93. The lowest BCUT2D eigenvalue weighted by atomic mass is 10.1. The molecule has 0 saturated carbocycles. The van der Waals surface area contributed by atoms with Gasteiger partial charge in [-0.1, -0.05) is 22.0 Å². The molecule has 0 fully saturated rings. The number of carbonyl (C=O) groups is 1. The Balaban J connectivity index is 2.35. The fraction of sp³-hybridized carbons (Fsp3) is 0.0769. The van der Waals surface area contributed by atoms with E-state index in [0.29, 0.717) is 5.69 Å². The van der Waals surface area contributed by atoms with Crippen LogP contribution in [-0.4, -0.2) is 16.1 Å². The SMILES string of the molecule is Cc1ccc(Br)cc1-c1nc(/C=C/C(=O)O)cs1. The number of hydrogen-bond acceptors (Lipinski definition) is 3. The van der Waals surface area contributed by atoms with Crippen molar-refractivity contribution in [2.24, 2.45) is 0 Å². The van der Waals surface area contributed by atoms with Gasteiger partial charge < -0.3 is 5.11 Å². The molecule has 0 amide bonds. The molecule has 0 radical (unpaired) electrons. The highest BCUT2D eigenvalue weighted by Crippen LogP contribution is 2.29. The maximum absolute atomic E-state index is 10.4. The van der Waals surface area contributed by atoms with Crippen LogP contribution < -0.4 is 0 Å². The number of aromatic nitrogens is 1. The molecule has 2 aromatic rings. The fourth-order valence-electron chi connectivity index (χ4n) is 1.47. The molecule has 0 unspecified atom stereocenters. The third-order valence-corrected chi connectivity index (χ3v) is 3.74. The van der Waals surface area contributed by atoms with Gasteiger partial charge in [-0.15, -0.1) is 11.3 Å². The first-order chi connectivity index (χ1) is 8.56. The third-order valence-electron chi connectivity index (χ3n) is 2.35. The molecule has 0 spiro atoms. The summed E-state index contributed by atoms with van der Waals surface area (Å²) < 4.78 is 1.00. The van der Waals surface area contributed by atoms with Gasteiger partial charge in [-0.25, -0.2) is 9.78 Å². The molecule has 0 atom stereocenters. The smallest absolute Gasteiger partial charge is 0.328 e. The van der Waals surface area contributed by atoms with Gasteiger partial charge in [0.1, 0.15) is 5.01 Å². The summed E-state index contributed by atoms with van der Waals surface area (Å²) in [5, 5.41) is 11.3. The van der Waals surface area contributed by atoms with Crippen molar-refractivity contribution in [2.45, 2.75) is 6.92 Å². The highest BCUT2D eigenvalue weighted by atomic mass is 79.9. The minimum Gasteiger partial charge on any atom is -0.478 e. The van der Waals surface area contributed by atoms with Crippen molar-refractivity contribution >= 4 is 39.3 Å². The Morgan fingerprint density at radius 2 is 2.28 bits per heavy atom. The average molecular weight is 324 g/mol. The van der Waals surface area contributed by atoms with E-state index in [1.54, 1.807) is 0 Å². The summed E-state index contributed by atoms with van der Waals surface area (Å²) in [6.07, 6.45) is 2.59. The molecule has 1 aromatic heterocycles. The molecule has 2 rings (SSSR count). The number of carboxylic acids is 1. The molecule has 92 valence electrons. The maximum atomic E-state index is 10.4. The summed E-state index contributed by atoms with van der Waals surface area (Å²) in [6, 6.07) is 6.02. The Bertz CT molecular complexity index is 619. The Hall–Kier alpha value is -1.46. The molecule has 0 saturated heterocycles. The number of hydrogen-bond donors (Lipinski definition) is 1. The van der Waals surface area contributed by atoms with Gasteiger partial charge in [-0.05, 0) is 30.7 Å². The first-order valence-electron chi connectivity index (χ1n) is 5.19. The number of carboxylic acid groups (broad SMARTS) is 1. The van der Waals surface area contributed by atoms with Crippen LogP contribution in [0.5, 0.6) is 0 Å². The van der Waals surface area contributed by atoms with Crippen molar-refractivity contribution in [1.82, 2.24) is 4.98 Å². The highest BCUT2D eigenvalue weighted by Gasteiger charge is 2.07. The van der Waals surface area contributed by atoms with Gasteiger partial charge in [0.05, 0.1) is 5.69 Å². The van der Waals surface area contributed by atoms with E-state index in [9.17, 15) is 4.79 Å². The zero-order chi connectivity index (χ0) is 13.1. The first kappa shape index (κ1) is 13.0. The van der Waals surface area contributed by atoms with Crippen molar-refractivity contribution in [1.29, 1.82) is 0 Å². The normalized spacial score (nSPS) is 11.0. The maximum Gasteiger partial charge on any atom is 0.328 e. The summed E-state index contributed by atoms with van der Waals surface area (Å²) in [4.78, 5) is 14.8. The van der Waals surface area contributed by atoms with E-state index in [-0.39, 0.29) is 0 Å². The van der Waals surface area contributed by atoms with E-state index in [1.807, 2.05) is 30.5 Å². The zero-order valence-electron chi connectivity index (χ0n) is 9.55. The topological polar surface area (TPSA) is 50.2 Å². The van der Waals surface area contributed by atoms with Crippen LogP contribution in [0, 0.1) is 6.92 Å². The fourth-order valence-corrected chi connectivity index (χ4v) is 2.70. The van der Waals surface area contributed by atoms with E-state index in [2.05, 4.69) is 20.9 Å². The molecule has 1 N–H and O–H groups in total. The lowest BCUT2D eigenvalue weighted by molar-refractivity contribution is -0.131. The summed E-state index contributed by atoms with van der Waals surface area (Å²) >= 11 is 4.94. The summed E-state index contributed by atoms with van der Waals surface area (Å²) in [7, 11) is 0. The standard InChI is InChI=1S/C13H10BrNO2S/c1-8-2-3-9(14)6-11(8)13-15-10(7-18-13)4-5-12(16)17/h2-7H,1H3,(H,16,17)/b5-4+. The van der Waals surface area contributed by atoms with E-state index in [0.717, 1.165) is 26.7 Å². The summed E-state index contributed by atoms with van der Waals surface area (Å²) in [5.41, 5.74) is 2.86. The second kappa shape index (κ2) is 5.46. The number of halogens is 1. The van der Waals surface area contributed by atoms with Gasteiger partial charge in [0, 0.05) is 21.5 Å². The summed E-state index contributed by atoms with van der Waals surface area (Å²) in [6.45, 7) is 2.02. The van der Waals surface area contributed by atoms with Gasteiger partial charge in [0.15, 0.2) is 0 Å². The van der Waals surface area contributed by atoms with Crippen LogP contribution in [0.15, 0.2) is 34.1 Å². The van der Waals surface area contributed by atoms with Crippen LogP contribution in [0.1, 0.15) is 11.3 Å². The summed E-state index contributed by atoms with van der Waals surface area (Å²) in [5.74, 6) is -0.969. The third kappa shape index (κ3) is 3.05. The van der Waals surface area contributed by atoms with E-state index < -0.39 is 5.97 Å². The second-order valence-corrected chi connectivity index (χ2v) is 5.48. The number of nitrogens with zero attached hydrogens (tertiary/aromatic N) is 1. The zero-order valence-corrected chi connectivity index (χ0v) is 12.0. The van der Waals surface area contributed by atoms with Crippen molar-refractivity contribution < 1.29 is 9.90 Å². The van der Waals surface area contributed by atoms with Crippen LogP contribution in [0.2, 0.25) is 0 Å². The molecule has 0 bridgehead atoms. The predicted octanol–water partition coefficient (Wildman–Crippen LogP) is 3.98. The van der Waals surface area contributed by atoms with Crippen LogP contribution in [0.4, 0.5) is 0 Å². The minimum absolute atomic E-state index is 0.664. The first-order valence-corrected chi connectivity index (χ1v) is 6.86. The van der Waals surface area contributed by atoms with Crippen molar-refractivity contribution in [3.05, 3.63) is 45.4 Å². The lowest BCUT2D eigenvalue weighted by Crippen LogP contribution is -1.86. The number of benzene rings is 1. The number of thiazole rings is 1. The van der Waals surface area contributed by atoms with Crippen LogP contribution in [-0.2, 0) is 4.79 Å². The van der Waals surface area contributed by atoms with Crippen molar-refractivity contribution in [3.63, 3.8) is 0 Å². The number of rotatable bonds is 3. The van der Waals surface area contributed by atoms with Gasteiger partial charge >= 0.3 is 5.97 Å². The molecule has 0 aliphatic rings. The molecule has 1 aromatic carbocycles. The van der Waals surface area contributed by atoms with Gasteiger partial charge in [0.2, 0.25) is 0 Å². The Morgan fingerprint density at radius 1 is 1.50 bits per heavy atom. The van der Waals surface area contributed by atoms with Gasteiger partial charge in [0.25, 0.3) is 0 Å². The van der Waals surface area contributed by atoms with Crippen molar-refractivity contribution in [2.75, 3.05) is 0 Å². The van der Waals surface area contributed by atoms with Crippen LogP contribution in [0.3, 0.4) is 0 Å². The monoisotopic (exact) mass is 323 g/mol. The quantitative estimate of drug-likeness (QED) is 0.869. The molecule has 1 heterocycles. The van der Waals surface area contributed by atoms with Crippen LogP contribution >= 0.6 is 27.3 Å². The highest BCUT2D eigenvalue weighted by molar-refractivity contribution is 9.10. The van der Waals surface area contributed by atoms with Gasteiger partial charge in [-0.3, -0.25) is 0 Å². The molecule has 0 aliphatic heterocycles. The predicted molar refractivity (Wildman–Crippen MR) is 76.7 cm³/mol. The molecule has 3 nitrogen and oxygen atoms in total. The number of aryl methyl sites for hydroxylation is 1. The lowest BCUT2D eigenvalue weighted by Gasteiger charge is -2.02. The van der Waals surface area contributed by atoms with Crippen molar-refractivity contribution in [3.8, 4) is 10.6 Å². The Labute approximate surface area is 117 Å². The molecular formula is C13H10BrNO2S. The minimum atomic E-state index is -0.969. The largest absolute Gasteiger partial charge is 0.478 e. The number of aliphatic carboxylic acids is 1. The molecule has 0 aliphatic carbocycles. The average Bonchev–Trinajstić information content (AvgIpc) is 2.78. The molecule has 18 heavy (non-hydrogen) atoms. The molecular weight excluding hydrogens is 314 g/mol. The van der Waals surface area contributed by atoms with Gasteiger partial charge in [-0.2, -0.15) is 0 Å². The van der Waals surface area contributed by atoms with Crippen LogP contribution in [0.25, 0.3) is 16.6 Å². The molecule has 5 heteroatoms. The van der Waals surface area contributed by atoms with E-state index >= 15 is 0 Å².